The lowest BCUT2D eigenvalue weighted by molar-refractivity contribution is -0.118. The van der Waals surface area contributed by atoms with E-state index >= 15 is 0 Å². The Labute approximate surface area is 221 Å². The van der Waals surface area contributed by atoms with Crippen molar-refractivity contribution in [1.82, 2.24) is 20.2 Å². The number of nitrogens with one attached hydrogen (secondary N) is 1. The Kier molecular flexibility index (Phi) is 8.40. The lowest BCUT2D eigenvalue weighted by Crippen LogP contribution is -2.21. The maximum Gasteiger partial charge on any atom is 0.250 e. The Bertz CT molecular complexity index is 1390. The maximum atomic E-state index is 12.6. The van der Waals surface area contributed by atoms with Gasteiger partial charge in [-0.25, -0.2) is 5.43 Å². The molecule has 1 amide bonds. The standard InChI is InChI=1S/C26H24BrN5O3S/c1-17(18-8-7-9-20(27)14-18)28-29-24(33)16-36-26-31-30-25(32(26)21-10-5-4-6-11-21)19-12-13-22(34-2)23(15-19)35-3/h4-15H,16H2,1-3H3,(H,29,33)/b28-17+. The molecule has 0 fully saturated rings. The van der Waals surface area contributed by atoms with E-state index in [0.717, 1.165) is 21.3 Å². The van der Waals surface area contributed by atoms with Crippen LogP contribution < -0.4 is 14.9 Å². The summed E-state index contributed by atoms with van der Waals surface area (Å²) in [6.45, 7) is 1.84. The predicted octanol–water partition coefficient (Wildman–Crippen LogP) is 5.35. The number of amides is 1. The summed E-state index contributed by atoms with van der Waals surface area (Å²) in [6, 6.07) is 23.0. The number of hydrogen-bond donors (Lipinski definition) is 1. The third kappa shape index (κ3) is 5.95. The molecule has 4 aromatic rings. The van der Waals surface area contributed by atoms with Crippen LogP contribution in [0.3, 0.4) is 0 Å². The first-order chi connectivity index (χ1) is 17.5. The molecule has 0 atom stereocenters. The normalized spacial score (nSPS) is 11.3. The van der Waals surface area contributed by atoms with Gasteiger partial charge in [-0.2, -0.15) is 5.10 Å². The molecule has 0 aliphatic carbocycles. The number of carbonyl (C=O) groups is 1. The summed E-state index contributed by atoms with van der Waals surface area (Å²) in [7, 11) is 3.18. The van der Waals surface area contributed by atoms with Crippen LogP contribution in [0.5, 0.6) is 11.5 Å². The number of nitrogens with zero attached hydrogens (tertiary/aromatic N) is 4. The molecule has 8 nitrogen and oxygen atoms in total. The van der Waals surface area contributed by atoms with E-state index in [1.54, 1.807) is 14.2 Å². The zero-order valence-corrected chi connectivity index (χ0v) is 22.3. The third-order valence-corrected chi connectivity index (χ3v) is 6.63. The number of aromatic nitrogens is 3. The first-order valence-corrected chi connectivity index (χ1v) is 12.7. The summed E-state index contributed by atoms with van der Waals surface area (Å²) in [4.78, 5) is 12.6. The van der Waals surface area contributed by atoms with Crippen molar-refractivity contribution in [2.24, 2.45) is 5.10 Å². The molecule has 184 valence electrons. The fourth-order valence-electron chi connectivity index (χ4n) is 3.42. The van der Waals surface area contributed by atoms with Crippen LogP contribution in [0.4, 0.5) is 0 Å². The summed E-state index contributed by atoms with van der Waals surface area (Å²) in [5.41, 5.74) is 5.92. The van der Waals surface area contributed by atoms with Gasteiger partial charge >= 0.3 is 0 Å². The van der Waals surface area contributed by atoms with E-state index in [2.05, 4.69) is 36.7 Å². The highest BCUT2D eigenvalue weighted by molar-refractivity contribution is 9.10. The fraction of sp³-hybridized carbons (Fsp3) is 0.154. The number of hydrogen-bond acceptors (Lipinski definition) is 7. The van der Waals surface area contributed by atoms with Gasteiger partial charge in [-0.05, 0) is 55.0 Å². The topological polar surface area (TPSA) is 90.6 Å². The Hall–Kier alpha value is -3.63. The first-order valence-electron chi connectivity index (χ1n) is 10.9. The van der Waals surface area contributed by atoms with Gasteiger partial charge in [0.1, 0.15) is 0 Å². The molecule has 36 heavy (non-hydrogen) atoms. The lowest BCUT2D eigenvalue weighted by atomic mass is 10.1. The molecule has 10 heteroatoms. The van der Waals surface area contributed by atoms with Crippen LogP contribution in [-0.2, 0) is 4.79 Å². The molecule has 0 saturated heterocycles. The van der Waals surface area contributed by atoms with Gasteiger partial charge in [0.25, 0.3) is 5.91 Å². The van der Waals surface area contributed by atoms with Crippen molar-refractivity contribution in [1.29, 1.82) is 0 Å². The second kappa shape index (κ2) is 11.9. The molecule has 0 bridgehead atoms. The summed E-state index contributed by atoms with van der Waals surface area (Å²) in [5, 5.41) is 13.6. The molecule has 1 N–H and O–H groups in total. The minimum Gasteiger partial charge on any atom is -0.493 e. The molecular weight excluding hydrogens is 542 g/mol. The molecule has 0 radical (unpaired) electrons. The van der Waals surface area contributed by atoms with E-state index < -0.39 is 0 Å². The molecular formula is C26H24BrN5O3S. The molecule has 0 unspecified atom stereocenters. The highest BCUT2D eigenvalue weighted by Crippen LogP contribution is 2.34. The van der Waals surface area contributed by atoms with Gasteiger partial charge in [0.05, 0.1) is 25.7 Å². The summed E-state index contributed by atoms with van der Waals surface area (Å²) >= 11 is 4.72. The molecule has 0 aliphatic heterocycles. The Balaban J connectivity index is 1.56. The van der Waals surface area contributed by atoms with E-state index in [4.69, 9.17) is 9.47 Å². The van der Waals surface area contributed by atoms with Crippen molar-refractivity contribution in [2.45, 2.75) is 12.1 Å². The van der Waals surface area contributed by atoms with Crippen molar-refractivity contribution in [3.05, 3.63) is 82.8 Å². The van der Waals surface area contributed by atoms with Gasteiger partial charge in [-0.3, -0.25) is 9.36 Å². The number of thioether (sulfide) groups is 1. The van der Waals surface area contributed by atoms with Gasteiger partial charge in [0.15, 0.2) is 22.5 Å². The third-order valence-electron chi connectivity index (χ3n) is 5.21. The average molecular weight is 566 g/mol. The predicted molar refractivity (Wildman–Crippen MR) is 145 cm³/mol. The molecule has 4 rings (SSSR count). The van der Waals surface area contributed by atoms with Crippen molar-refractivity contribution < 1.29 is 14.3 Å². The minimum atomic E-state index is -0.246. The number of para-hydroxylation sites is 1. The molecule has 0 aliphatic rings. The Morgan fingerprint density at radius 2 is 1.78 bits per heavy atom. The zero-order valence-electron chi connectivity index (χ0n) is 19.9. The van der Waals surface area contributed by atoms with Crippen LogP contribution in [0.25, 0.3) is 17.1 Å². The van der Waals surface area contributed by atoms with Crippen LogP contribution in [-0.4, -0.2) is 46.4 Å². The van der Waals surface area contributed by atoms with Gasteiger partial charge in [0.2, 0.25) is 0 Å². The van der Waals surface area contributed by atoms with E-state index in [0.29, 0.717) is 28.2 Å². The van der Waals surface area contributed by atoms with Gasteiger partial charge in [-0.15, -0.1) is 10.2 Å². The first kappa shape index (κ1) is 25.5. The van der Waals surface area contributed by atoms with Crippen LogP contribution >= 0.6 is 27.7 Å². The SMILES string of the molecule is COc1ccc(-c2nnc(SCC(=O)N/N=C(\C)c3cccc(Br)c3)n2-c2ccccc2)cc1OC. The van der Waals surface area contributed by atoms with E-state index in [9.17, 15) is 4.79 Å². The number of methoxy groups -OCH3 is 2. The zero-order chi connectivity index (χ0) is 25.5. The van der Waals surface area contributed by atoms with Crippen molar-refractivity contribution in [3.63, 3.8) is 0 Å². The van der Waals surface area contributed by atoms with Crippen LogP contribution in [0, 0.1) is 0 Å². The minimum absolute atomic E-state index is 0.117. The van der Waals surface area contributed by atoms with Crippen molar-refractivity contribution in [2.75, 3.05) is 20.0 Å². The highest BCUT2D eigenvalue weighted by Gasteiger charge is 2.18. The van der Waals surface area contributed by atoms with E-state index in [1.807, 2.05) is 84.3 Å². The quantitative estimate of drug-likeness (QED) is 0.167. The Morgan fingerprint density at radius 1 is 1.00 bits per heavy atom. The lowest BCUT2D eigenvalue weighted by Gasteiger charge is -2.12. The smallest absolute Gasteiger partial charge is 0.250 e. The monoisotopic (exact) mass is 565 g/mol. The van der Waals surface area contributed by atoms with Crippen molar-refractivity contribution in [3.8, 4) is 28.6 Å². The molecule has 3 aromatic carbocycles. The number of ether oxygens (including phenoxy) is 2. The second-order valence-electron chi connectivity index (χ2n) is 7.58. The molecule has 0 spiro atoms. The average Bonchev–Trinajstić information content (AvgIpc) is 3.34. The summed E-state index contributed by atoms with van der Waals surface area (Å²) < 4.78 is 13.7. The largest absolute Gasteiger partial charge is 0.493 e. The highest BCUT2D eigenvalue weighted by atomic mass is 79.9. The van der Waals surface area contributed by atoms with Crippen LogP contribution in [0.15, 0.2) is 87.5 Å². The molecule has 1 aromatic heterocycles. The number of halogens is 1. The van der Waals surface area contributed by atoms with Crippen LogP contribution in [0.2, 0.25) is 0 Å². The summed E-state index contributed by atoms with van der Waals surface area (Å²) in [6.07, 6.45) is 0. The van der Waals surface area contributed by atoms with E-state index in [1.165, 1.54) is 11.8 Å². The molecule has 1 heterocycles. The van der Waals surface area contributed by atoms with Gasteiger partial charge in [0, 0.05) is 15.7 Å². The van der Waals surface area contributed by atoms with Crippen LogP contribution in [0.1, 0.15) is 12.5 Å². The second-order valence-corrected chi connectivity index (χ2v) is 9.44. The number of rotatable bonds is 9. The van der Waals surface area contributed by atoms with Crippen molar-refractivity contribution >= 4 is 39.3 Å². The fourth-order valence-corrected chi connectivity index (χ4v) is 4.57. The maximum absolute atomic E-state index is 12.6. The number of carbonyl (C=O) groups excluding carboxylic acids is 1. The summed E-state index contributed by atoms with van der Waals surface area (Å²) in [5.74, 6) is 1.70. The molecule has 0 saturated carbocycles. The Morgan fingerprint density at radius 3 is 2.50 bits per heavy atom. The number of hydrazone groups is 1. The number of benzene rings is 3. The van der Waals surface area contributed by atoms with E-state index in [-0.39, 0.29) is 11.7 Å². The van der Waals surface area contributed by atoms with Gasteiger partial charge in [-0.1, -0.05) is 58.0 Å². The van der Waals surface area contributed by atoms with Gasteiger partial charge < -0.3 is 9.47 Å².